The van der Waals surface area contributed by atoms with E-state index < -0.39 is 0 Å². The van der Waals surface area contributed by atoms with Crippen molar-refractivity contribution in [3.63, 3.8) is 0 Å². The van der Waals surface area contributed by atoms with Gasteiger partial charge in [0.05, 0.1) is 17.0 Å². The molecule has 0 aliphatic carbocycles. The Morgan fingerprint density at radius 1 is 1.06 bits per heavy atom. The van der Waals surface area contributed by atoms with Crippen molar-refractivity contribution in [2.24, 2.45) is 0 Å². The van der Waals surface area contributed by atoms with Gasteiger partial charge in [-0.05, 0) is 41.5 Å². The van der Waals surface area contributed by atoms with Crippen molar-refractivity contribution in [2.45, 2.75) is 6.54 Å². The van der Waals surface area contributed by atoms with Gasteiger partial charge in [-0.3, -0.25) is 0 Å². The predicted molar refractivity (Wildman–Crippen MR) is 126 cm³/mol. The first-order valence-electron chi connectivity index (χ1n) is 11.0. The number of nitrogens with zero attached hydrogens (tertiary/aromatic N) is 5. The van der Waals surface area contributed by atoms with Gasteiger partial charge in [0.2, 0.25) is 0 Å². The molecule has 9 heteroatoms. The number of fused-ring (bicyclic) bond motifs is 1. The lowest BCUT2D eigenvalue weighted by atomic mass is 10.1. The molecule has 2 aromatic carbocycles. The van der Waals surface area contributed by atoms with Crippen LogP contribution in [-0.4, -0.2) is 52.1 Å². The molecule has 4 aromatic rings. The topological polar surface area (TPSA) is 101 Å². The van der Waals surface area contributed by atoms with Gasteiger partial charge in [0.1, 0.15) is 23.6 Å². The molecule has 170 valence electrons. The van der Waals surface area contributed by atoms with E-state index in [-0.39, 0.29) is 11.8 Å². The van der Waals surface area contributed by atoms with Gasteiger partial charge in [0, 0.05) is 38.4 Å². The molecule has 34 heavy (non-hydrogen) atoms. The molecule has 1 saturated heterocycles. The van der Waals surface area contributed by atoms with Crippen molar-refractivity contribution in [2.75, 3.05) is 31.1 Å². The van der Waals surface area contributed by atoms with Gasteiger partial charge in [0.15, 0.2) is 0 Å². The number of aromatic amines is 1. The van der Waals surface area contributed by atoms with Crippen molar-refractivity contribution < 1.29 is 9.18 Å². The molecule has 2 aromatic heterocycles. The van der Waals surface area contributed by atoms with Gasteiger partial charge in [-0.1, -0.05) is 24.3 Å². The molecular formula is C25H22FN7O. The zero-order valence-electron chi connectivity index (χ0n) is 18.3. The van der Waals surface area contributed by atoms with E-state index in [1.54, 1.807) is 35.5 Å². The molecule has 2 amide bonds. The molecule has 8 nitrogen and oxygen atoms in total. The number of H-pyrrole nitrogens is 1. The molecule has 0 bridgehead atoms. The van der Waals surface area contributed by atoms with Gasteiger partial charge >= 0.3 is 6.03 Å². The maximum absolute atomic E-state index is 13.0. The number of aromatic nitrogens is 3. The largest absolute Gasteiger partial charge is 0.352 e. The number of amides is 2. The average Bonchev–Trinajstić information content (AvgIpc) is 3.33. The van der Waals surface area contributed by atoms with Gasteiger partial charge < -0.3 is 20.1 Å². The summed E-state index contributed by atoms with van der Waals surface area (Å²) in [5.74, 6) is 0.531. The molecule has 5 rings (SSSR count). The quantitative estimate of drug-likeness (QED) is 0.489. The van der Waals surface area contributed by atoms with Gasteiger partial charge in [0.25, 0.3) is 0 Å². The van der Waals surface area contributed by atoms with Crippen LogP contribution in [0.3, 0.4) is 0 Å². The summed E-state index contributed by atoms with van der Waals surface area (Å²) in [6.07, 6.45) is 1.54. The van der Waals surface area contributed by atoms with E-state index in [9.17, 15) is 9.18 Å². The van der Waals surface area contributed by atoms with Crippen molar-refractivity contribution in [3.8, 4) is 17.3 Å². The van der Waals surface area contributed by atoms with E-state index >= 15 is 0 Å². The van der Waals surface area contributed by atoms with Crippen LogP contribution in [0.25, 0.3) is 22.3 Å². The van der Waals surface area contributed by atoms with E-state index in [4.69, 9.17) is 5.26 Å². The third-order valence-corrected chi connectivity index (χ3v) is 5.95. The second kappa shape index (κ2) is 9.19. The number of carbonyl (C=O) groups excluding carboxylic acids is 1. The molecule has 0 spiro atoms. The van der Waals surface area contributed by atoms with Crippen LogP contribution in [0.15, 0.2) is 60.9 Å². The first-order chi connectivity index (χ1) is 16.6. The molecule has 1 aliphatic heterocycles. The fourth-order valence-electron chi connectivity index (χ4n) is 4.07. The number of hydrogen-bond donors (Lipinski definition) is 2. The van der Waals surface area contributed by atoms with Gasteiger partial charge in [-0.25, -0.2) is 19.2 Å². The standard InChI is InChI=1S/C25H22FN7O/c26-20-7-3-18(4-8-20)15-28-25(34)33-11-9-32(10-12-33)24-21-13-22(31-23(21)29-16-30-24)19-5-1-17(14-27)2-6-19/h1-8,13,16H,9-12,15H2,(H,28,34)(H,29,30,31). The third-order valence-electron chi connectivity index (χ3n) is 5.95. The number of rotatable bonds is 4. The Bertz CT molecular complexity index is 1350. The van der Waals surface area contributed by atoms with Crippen molar-refractivity contribution >= 4 is 22.9 Å². The Balaban J connectivity index is 1.25. The van der Waals surface area contributed by atoms with Crippen LogP contribution < -0.4 is 10.2 Å². The van der Waals surface area contributed by atoms with Crippen molar-refractivity contribution in [1.29, 1.82) is 5.26 Å². The van der Waals surface area contributed by atoms with E-state index in [2.05, 4.69) is 31.2 Å². The average molecular weight is 455 g/mol. The smallest absolute Gasteiger partial charge is 0.317 e. The van der Waals surface area contributed by atoms with Crippen LogP contribution >= 0.6 is 0 Å². The number of halogens is 1. The monoisotopic (exact) mass is 455 g/mol. The highest BCUT2D eigenvalue weighted by atomic mass is 19.1. The summed E-state index contributed by atoms with van der Waals surface area (Å²) in [5.41, 5.74) is 4.07. The fourth-order valence-corrected chi connectivity index (χ4v) is 4.07. The molecular weight excluding hydrogens is 433 g/mol. The maximum Gasteiger partial charge on any atom is 0.317 e. The van der Waals surface area contributed by atoms with Crippen LogP contribution in [0.4, 0.5) is 15.0 Å². The molecule has 1 aliphatic rings. The number of benzene rings is 2. The molecule has 0 atom stereocenters. The minimum absolute atomic E-state index is 0.137. The first kappa shape index (κ1) is 21.4. The Labute approximate surface area is 195 Å². The summed E-state index contributed by atoms with van der Waals surface area (Å²) in [6, 6.07) is 17.5. The van der Waals surface area contributed by atoms with E-state index in [0.717, 1.165) is 33.7 Å². The molecule has 1 fully saturated rings. The molecule has 0 unspecified atom stereocenters. The first-order valence-corrected chi connectivity index (χ1v) is 11.0. The number of urea groups is 1. The highest BCUT2D eigenvalue weighted by Gasteiger charge is 2.23. The van der Waals surface area contributed by atoms with Crippen molar-refractivity contribution in [1.82, 2.24) is 25.2 Å². The van der Waals surface area contributed by atoms with Crippen molar-refractivity contribution in [3.05, 3.63) is 77.9 Å². The molecule has 2 N–H and O–H groups in total. The van der Waals surface area contributed by atoms with E-state index in [0.29, 0.717) is 38.3 Å². The van der Waals surface area contributed by atoms with Gasteiger partial charge in [-0.15, -0.1) is 0 Å². The number of nitriles is 1. The number of hydrogen-bond acceptors (Lipinski definition) is 5. The summed E-state index contributed by atoms with van der Waals surface area (Å²) in [5, 5.41) is 12.8. The SMILES string of the molecule is N#Cc1ccc(-c2cc3c(N4CCN(C(=O)NCc5ccc(F)cc5)CC4)ncnc3[nH]2)cc1. The minimum Gasteiger partial charge on any atom is -0.352 e. The summed E-state index contributed by atoms with van der Waals surface area (Å²) in [7, 11) is 0. The second-order valence-electron chi connectivity index (χ2n) is 8.09. The lowest BCUT2D eigenvalue weighted by Gasteiger charge is -2.35. The Morgan fingerprint density at radius 2 is 1.79 bits per heavy atom. The normalized spacial score (nSPS) is 13.6. The van der Waals surface area contributed by atoms with Gasteiger partial charge in [-0.2, -0.15) is 5.26 Å². The van der Waals surface area contributed by atoms with E-state index in [1.807, 2.05) is 18.2 Å². The Morgan fingerprint density at radius 3 is 2.50 bits per heavy atom. The highest BCUT2D eigenvalue weighted by Crippen LogP contribution is 2.29. The number of carbonyl (C=O) groups is 1. The number of nitrogens with one attached hydrogen (secondary N) is 2. The molecule has 0 radical (unpaired) electrons. The predicted octanol–water partition coefficient (Wildman–Crippen LogP) is 3.67. The maximum atomic E-state index is 13.0. The zero-order valence-corrected chi connectivity index (χ0v) is 18.3. The lowest BCUT2D eigenvalue weighted by Crippen LogP contribution is -2.52. The third kappa shape index (κ3) is 4.38. The minimum atomic E-state index is -0.295. The number of piperazine rings is 1. The summed E-state index contributed by atoms with van der Waals surface area (Å²) >= 11 is 0. The highest BCUT2D eigenvalue weighted by molar-refractivity contribution is 5.92. The second-order valence-corrected chi connectivity index (χ2v) is 8.09. The Hall–Kier alpha value is -4.45. The summed E-state index contributed by atoms with van der Waals surface area (Å²) in [6.45, 7) is 2.77. The Kier molecular flexibility index (Phi) is 5.79. The fraction of sp³-hybridized carbons (Fsp3) is 0.200. The zero-order chi connectivity index (χ0) is 23.5. The van der Waals surface area contributed by atoms with Crippen LogP contribution in [0.2, 0.25) is 0 Å². The van der Waals surface area contributed by atoms with Crippen LogP contribution in [0.1, 0.15) is 11.1 Å². The lowest BCUT2D eigenvalue weighted by molar-refractivity contribution is 0.194. The van der Waals surface area contributed by atoms with E-state index in [1.165, 1.54) is 12.1 Å². The van der Waals surface area contributed by atoms with Crippen LogP contribution in [0, 0.1) is 17.1 Å². The van der Waals surface area contributed by atoms with Crippen LogP contribution in [0.5, 0.6) is 0 Å². The number of anilines is 1. The molecule has 3 heterocycles. The summed E-state index contributed by atoms with van der Waals surface area (Å²) in [4.78, 5) is 28.7. The van der Waals surface area contributed by atoms with Crippen LogP contribution in [-0.2, 0) is 6.54 Å². The molecule has 0 saturated carbocycles. The summed E-state index contributed by atoms with van der Waals surface area (Å²) < 4.78 is 13.0.